The fraction of sp³-hybridized carbons (Fsp3) is 0.250. The second kappa shape index (κ2) is 8.58. The van der Waals surface area contributed by atoms with Crippen LogP contribution in [0.15, 0.2) is 54.2 Å². The summed E-state index contributed by atoms with van der Waals surface area (Å²) >= 11 is 1.42. The summed E-state index contributed by atoms with van der Waals surface area (Å²) in [7, 11) is 0. The standard InChI is InChI=1S/C20H21N3O2S/c1-14(2)16-3-5-17(6-4-16)25-12-19-23-18(13-26-19)20(24)22-11-15-7-9-21-10-8-15/h3-10,13-14H,11-12H2,1-2H3,(H,22,24). The van der Waals surface area contributed by atoms with E-state index in [4.69, 9.17) is 4.74 Å². The van der Waals surface area contributed by atoms with E-state index in [1.54, 1.807) is 17.8 Å². The lowest BCUT2D eigenvalue weighted by Gasteiger charge is -2.07. The molecule has 0 unspecified atom stereocenters. The Morgan fingerprint density at radius 1 is 1.15 bits per heavy atom. The number of nitrogens with one attached hydrogen (secondary N) is 1. The minimum Gasteiger partial charge on any atom is -0.486 e. The van der Waals surface area contributed by atoms with Crippen LogP contribution in [0.3, 0.4) is 0 Å². The molecule has 0 spiro atoms. The van der Waals surface area contributed by atoms with Gasteiger partial charge in [-0.05, 0) is 41.3 Å². The molecule has 2 heterocycles. The highest BCUT2D eigenvalue weighted by Gasteiger charge is 2.11. The van der Waals surface area contributed by atoms with E-state index >= 15 is 0 Å². The monoisotopic (exact) mass is 367 g/mol. The van der Waals surface area contributed by atoms with Gasteiger partial charge in [0.25, 0.3) is 5.91 Å². The fourth-order valence-corrected chi connectivity index (χ4v) is 3.03. The Bertz CT molecular complexity index is 845. The van der Waals surface area contributed by atoms with E-state index in [2.05, 4.69) is 41.3 Å². The molecule has 3 rings (SSSR count). The summed E-state index contributed by atoms with van der Waals surface area (Å²) in [5, 5.41) is 5.38. The van der Waals surface area contributed by atoms with Gasteiger partial charge in [-0.2, -0.15) is 0 Å². The largest absolute Gasteiger partial charge is 0.486 e. The zero-order valence-corrected chi connectivity index (χ0v) is 15.6. The predicted octanol–water partition coefficient (Wildman–Crippen LogP) is 4.17. The first-order valence-corrected chi connectivity index (χ1v) is 9.34. The Hall–Kier alpha value is -2.73. The lowest BCUT2D eigenvalue weighted by atomic mass is 10.0. The first kappa shape index (κ1) is 18.1. The van der Waals surface area contributed by atoms with Gasteiger partial charge in [0, 0.05) is 24.3 Å². The van der Waals surface area contributed by atoms with Gasteiger partial charge >= 0.3 is 0 Å². The zero-order valence-electron chi connectivity index (χ0n) is 14.8. The Morgan fingerprint density at radius 2 is 1.88 bits per heavy atom. The lowest BCUT2D eigenvalue weighted by molar-refractivity contribution is 0.0946. The molecule has 0 fully saturated rings. The van der Waals surface area contributed by atoms with Crippen LogP contribution < -0.4 is 10.1 Å². The number of rotatable bonds is 7. The molecule has 0 radical (unpaired) electrons. The van der Waals surface area contributed by atoms with E-state index < -0.39 is 0 Å². The van der Waals surface area contributed by atoms with Crippen LogP contribution in [0.5, 0.6) is 5.75 Å². The third-order valence-corrected chi connectivity index (χ3v) is 4.72. The van der Waals surface area contributed by atoms with E-state index in [0.717, 1.165) is 16.3 Å². The van der Waals surface area contributed by atoms with Crippen LogP contribution in [-0.2, 0) is 13.2 Å². The average molecular weight is 367 g/mol. The number of benzene rings is 1. The van der Waals surface area contributed by atoms with E-state index in [1.807, 2.05) is 24.3 Å². The number of hydrogen-bond donors (Lipinski definition) is 1. The van der Waals surface area contributed by atoms with Crippen LogP contribution in [-0.4, -0.2) is 15.9 Å². The molecule has 2 aromatic heterocycles. The third-order valence-electron chi connectivity index (χ3n) is 3.90. The number of carbonyl (C=O) groups is 1. The van der Waals surface area contributed by atoms with Crippen LogP contribution >= 0.6 is 11.3 Å². The molecule has 1 amide bonds. The van der Waals surface area contributed by atoms with E-state index in [1.165, 1.54) is 16.9 Å². The van der Waals surface area contributed by atoms with Crippen LogP contribution in [0, 0.1) is 0 Å². The van der Waals surface area contributed by atoms with Gasteiger partial charge in [-0.25, -0.2) is 4.98 Å². The Kier molecular flexibility index (Phi) is 5.96. The maximum atomic E-state index is 12.2. The van der Waals surface area contributed by atoms with Gasteiger partial charge in [-0.1, -0.05) is 26.0 Å². The molecule has 5 nitrogen and oxygen atoms in total. The number of nitrogens with zero attached hydrogens (tertiary/aromatic N) is 2. The van der Waals surface area contributed by atoms with Crippen LogP contribution in [0.1, 0.15) is 46.4 Å². The number of pyridine rings is 1. The molecular weight excluding hydrogens is 346 g/mol. The molecule has 134 valence electrons. The number of ether oxygens (including phenoxy) is 1. The zero-order chi connectivity index (χ0) is 18.4. The van der Waals surface area contributed by atoms with Crippen molar-refractivity contribution in [1.29, 1.82) is 0 Å². The van der Waals surface area contributed by atoms with Gasteiger partial charge < -0.3 is 10.1 Å². The number of hydrogen-bond acceptors (Lipinski definition) is 5. The summed E-state index contributed by atoms with van der Waals surface area (Å²) in [4.78, 5) is 20.5. The minimum absolute atomic E-state index is 0.189. The van der Waals surface area contributed by atoms with Crippen molar-refractivity contribution in [2.24, 2.45) is 0 Å². The van der Waals surface area contributed by atoms with Gasteiger partial charge in [-0.15, -0.1) is 11.3 Å². The minimum atomic E-state index is -0.189. The Labute approximate surface area is 157 Å². The van der Waals surface area contributed by atoms with Crippen LogP contribution in [0.4, 0.5) is 0 Å². The van der Waals surface area contributed by atoms with Gasteiger partial charge in [0.1, 0.15) is 23.1 Å². The molecule has 1 aromatic carbocycles. The highest BCUT2D eigenvalue weighted by atomic mass is 32.1. The maximum absolute atomic E-state index is 12.2. The molecule has 0 saturated carbocycles. The quantitative estimate of drug-likeness (QED) is 0.681. The number of aromatic nitrogens is 2. The van der Waals surface area contributed by atoms with Crippen molar-refractivity contribution in [2.45, 2.75) is 32.9 Å². The molecule has 0 aliphatic rings. The molecule has 0 bridgehead atoms. The Morgan fingerprint density at radius 3 is 2.58 bits per heavy atom. The average Bonchev–Trinajstić information content (AvgIpc) is 3.15. The molecular formula is C20H21N3O2S. The van der Waals surface area contributed by atoms with Crippen molar-refractivity contribution in [3.8, 4) is 5.75 Å². The lowest BCUT2D eigenvalue weighted by Crippen LogP contribution is -2.23. The molecule has 26 heavy (non-hydrogen) atoms. The van der Waals surface area contributed by atoms with Crippen molar-refractivity contribution in [2.75, 3.05) is 0 Å². The molecule has 0 saturated heterocycles. The van der Waals surface area contributed by atoms with E-state index in [0.29, 0.717) is 24.8 Å². The topological polar surface area (TPSA) is 64.1 Å². The van der Waals surface area contributed by atoms with Gasteiger partial charge in [0.05, 0.1) is 0 Å². The molecule has 1 N–H and O–H groups in total. The van der Waals surface area contributed by atoms with Gasteiger partial charge in [0.15, 0.2) is 0 Å². The summed E-state index contributed by atoms with van der Waals surface area (Å²) in [6.45, 7) is 5.12. The van der Waals surface area contributed by atoms with Crippen LogP contribution in [0.2, 0.25) is 0 Å². The second-order valence-electron chi connectivity index (χ2n) is 6.18. The summed E-state index contributed by atoms with van der Waals surface area (Å²) in [5.74, 6) is 1.11. The van der Waals surface area contributed by atoms with Gasteiger partial charge in [-0.3, -0.25) is 9.78 Å². The number of carbonyl (C=O) groups excluding carboxylic acids is 1. The summed E-state index contributed by atoms with van der Waals surface area (Å²) < 4.78 is 5.76. The maximum Gasteiger partial charge on any atom is 0.271 e. The van der Waals surface area contributed by atoms with Crippen molar-refractivity contribution in [1.82, 2.24) is 15.3 Å². The van der Waals surface area contributed by atoms with Crippen molar-refractivity contribution < 1.29 is 9.53 Å². The van der Waals surface area contributed by atoms with Crippen molar-refractivity contribution in [3.63, 3.8) is 0 Å². The fourth-order valence-electron chi connectivity index (χ4n) is 2.35. The predicted molar refractivity (Wildman–Crippen MR) is 102 cm³/mol. The molecule has 6 heteroatoms. The van der Waals surface area contributed by atoms with E-state index in [9.17, 15) is 4.79 Å². The summed E-state index contributed by atoms with van der Waals surface area (Å²) in [5.41, 5.74) is 2.69. The second-order valence-corrected chi connectivity index (χ2v) is 7.12. The number of amides is 1. The molecule has 3 aromatic rings. The summed E-state index contributed by atoms with van der Waals surface area (Å²) in [6, 6.07) is 11.8. The smallest absolute Gasteiger partial charge is 0.271 e. The first-order valence-electron chi connectivity index (χ1n) is 8.46. The highest BCUT2D eigenvalue weighted by Crippen LogP contribution is 2.20. The van der Waals surface area contributed by atoms with Crippen LogP contribution in [0.25, 0.3) is 0 Å². The van der Waals surface area contributed by atoms with Gasteiger partial charge in [0.2, 0.25) is 0 Å². The van der Waals surface area contributed by atoms with E-state index in [-0.39, 0.29) is 5.91 Å². The third kappa shape index (κ3) is 4.89. The Balaban J connectivity index is 1.51. The van der Waals surface area contributed by atoms with Crippen molar-refractivity contribution >= 4 is 17.2 Å². The number of thiazole rings is 1. The summed E-state index contributed by atoms with van der Waals surface area (Å²) in [6.07, 6.45) is 3.40. The van der Waals surface area contributed by atoms with Crippen molar-refractivity contribution in [3.05, 3.63) is 76.0 Å². The molecule has 0 aliphatic carbocycles. The molecule has 0 aliphatic heterocycles. The SMILES string of the molecule is CC(C)c1ccc(OCc2nc(C(=O)NCc3ccncc3)cs2)cc1. The normalized spacial score (nSPS) is 10.7. The highest BCUT2D eigenvalue weighted by molar-refractivity contribution is 7.09. The molecule has 0 atom stereocenters. The first-order chi connectivity index (χ1) is 12.6.